The highest BCUT2D eigenvalue weighted by Gasteiger charge is 2.16. The topological polar surface area (TPSA) is 55.6 Å². The third-order valence-electron chi connectivity index (χ3n) is 2.58. The standard InChI is InChI=1S/C12H16N2O2S/c13-10-2-1-3-11(8-10)17-9-12(15)14-4-6-16-7-5-14/h1-3,8H,4-7,9,13H2. The van der Waals surface area contributed by atoms with E-state index in [2.05, 4.69) is 0 Å². The van der Waals surface area contributed by atoms with E-state index in [0.29, 0.717) is 32.1 Å². The second kappa shape index (κ2) is 5.93. The maximum atomic E-state index is 11.9. The van der Waals surface area contributed by atoms with Gasteiger partial charge in [-0.25, -0.2) is 0 Å². The zero-order valence-electron chi connectivity index (χ0n) is 9.59. The lowest BCUT2D eigenvalue weighted by molar-refractivity contribution is -0.132. The molecule has 1 aromatic rings. The fourth-order valence-electron chi connectivity index (χ4n) is 1.65. The molecule has 1 aliphatic rings. The number of benzene rings is 1. The number of carbonyl (C=O) groups excluding carboxylic acids is 1. The first-order valence-corrected chi connectivity index (χ1v) is 6.58. The molecule has 2 N–H and O–H groups in total. The maximum absolute atomic E-state index is 11.9. The highest BCUT2D eigenvalue weighted by atomic mass is 32.2. The number of ether oxygens (including phenoxy) is 1. The van der Waals surface area contributed by atoms with Crippen molar-refractivity contribution in [2.24, 2.45) is 0 Å². The molecule has 0 aromatic heterocycles. The number of rotatable bonds is 3. The van der Waals surface area contributed by atoms with Gasteiger partial charge in [0.05, 0.1) is 19.0 Å². The molecule has 0 atom stereocenters. The van der Waals surface area contributed by atoms with Gasteiger partial charge >= 0.3 is 0 Å². The summed E-state index contributed by atoms with van der Waals surface area (Å²) in [5.74, 6) is 0.629. The second-order valence-corrected chi connectivity index (χ2v) is 4.90. The number of carbonyl (C=O) groups is 1. The van der Waals surface area contributed by atoms with Crippen molar-refractivity contribution < 1.29 is 9.53 Å². The minimum atomic E-state index is 0.167. The third kappa shape index (κ3) is 3.64. The first kappa shape index (κ1) is 12.3. The Balaban J connectivity index is 1.83. The van der Waals surface area contributed by atoms with Gasteiger partial charge in [-0.2, -0.15) is 0 Å². The number of amides is 1. The van der Waals surface area contributed by atoms with Crippen LogP contribution in [-0.2, 0) is 9.53 Å². The Morgan fingerprint density at radius 1 is 1.41 bits per heavy atom. The molecule has 0 saturated carbocycles. The maximum Gasteiger partial charge on any atom is 0.233 e. The molecule has 17 heavy (non-hydrogen) atoms. The van der Waals surface area contributed by atoms with Crippen LogP contribution in [0.4, 0.5) is 5.69 Å². The van der Waals surface area contributed by atoms with Gasteiger partial charge < -0.3 is 15.4 Å². The minimum Gasteiger partial charge on any atom is -0.399 e. The van der Waals surface area contributed by atoms with Crippen molar-refractivity contribution in [1.29, 1.82) is 0 Å². The summed E-state index contributed by atoms with van der Waals surface area (Å²) < 4.78 is 5.21. The van der Waals surface area contributed by atoms with E-state index in [-0.39, 0.29) is 5.91 Å². The number of hydrogen-bond acceptors (Lipinski definition) is 4. The monoisotopic (exact) mass is 252 g/mol. The van der Waals surface area contributed by atoms with Crippen LogP contribution >= 0.6 is 11.8 Å². The third-order valence-corrected chi connectivity index (χ3v) is 3.56. The molecule has 0 aliphatic carbocycles. The highest BCUT2D eigenvalue weighted by molar-refractivity contribution is 8.00. The van der Waals surface area contributed by atoms with E-state index in [1.54, 1.807) is 0 Å². The minimum absolute atomic E-state index is 0.167. The van der Waals surface area contributed by atoms with Crippen molar-refractivity contribution >= 4 is 23.4 Å². The lowest BCUT2D eigenvalue weighted by Gasteiger charge is -2.26. The van der Waals surface area contributed by atoms with E-state index in [9.17, 15) is 4.79 Å². The summed E-state index contributed by atoms with van der Waals surface area (Å²) in [4.78, 5) is 14.8. The Labute approximate surface area is 105 Å². The Hall–Kier alpha value is -1.20. The van der Waals surface area contributed by atoms with Crippen molar-refractivity contribution in [1.82, 2.24) is 4.90 Å². The van der Waals surface area contributed by atoms with Crippen LogP contribution in [0.25, 0.3) is 0 Å². The summed E-state index contributed by atoms with van der Waals surface area (Å²) in [5.41, 5.74) is 6.41. The Kier molecular flexibility index (Phi) is 4.28. The van der Waals surface area contributed by atoms with Gasteiger partial charge in [0.15, 0.2) is 0 Å². The molecule has 2 rings (SSSR count). The Bertz CT molecular complexity index is 392. The molecule has 0 bridgehead atoms. The smallest absolute Gasteiger partial charge is 0.233 e. The van der Waals surface area contributed by atoms with Gasteiger partial charge in [-0.3, -0.25) is 4.79 Å². The number of nitrogens with two attached hydrogens (primary N) is 1. The normalized spacial score (nSPS) is 15.9. The second-order valence-electron chi connectivity index (χ2n) is 3.85. The first-order chi connectivity index (χ1) is 8.25. The van der Waals surface area contributed by atoms with Crippen molar-refractivity contribution in [3.05, 3.63) is 24.3 Å². The van der Waals surface area contributed by atoms with Gasteiger partial charge in [0.1, 0.15) is 0 Å². The molecule has 0 radical (unpaired) electrons. The van der Waals surface area contributed by atoms with Gasteiger partial charge in [-0.1, -0.05) is 6.07 Å². The van der Waals surface area contributed by atoms with E-state index >= 15 is 0 Å². The largest absolute Gasteiger partial charge is 0.399 e. The van der Waals surface area contributed by atoms with Crippen LogP contribution in [-0.4, -0.2) is 42.9 Å². The average molecular weight is 252 g/mol. The van der Waals surface area contributed by atoms with Crippen molar-refractivity contribution in [2.45, 2.75) is 4.90 Å². The van der Waals surface area contributed by atoms with Gasteiger partial charge in [0.25, 0.3) is 0 Å². The number of anilines is 1. The molecule has 0 unspecified atom stereocenters. The van der Waals surface area contributed by atoms with Gasteiger partial charge in [-0.05, 0) is 18.2 Å². The summed E-state index contributed by atoms with van der Waals surface area (Å²) >= 11 is 1.52. The first-order valence-electron chi connectivity index (χ1n) is 5.59. The molecular formula is C12H16N2O2S. The lowest BCUT2D eigenvalue weighted by atomic mass is 10.3. The molecule has 1 heterocycles. The number of thioether (sulfide) groups is 1. The molecular weight excluding hydrogens is 236 g/mol. The highest BCUT2D eigenvalue weighted by Crippen LogP contribution is 2.20. The van der Waals surface area contributed by atoms with Crippen LogP contribution in [0.5, 0.6) is 0 Å². The lowest BCUT2D eigenvalue weighted by Crippen LogP contribution is -2.41. The molecule has 5 heteroatoms. The van der Waals surface area contributed by atoms with Crippen LogP contribution in [0, 0.1) is 0 Å². The van der Waals surface area contributed by atoms with Crippen LogP contribution in [0.2, 0.25) is 0 Å². The van der Waals surface area contributed by atoms with E-state index < -0.39 is 0 Å². The van der Waals surface area contributed by atoms with Gasteiger partial charge in [0.2, 0.25) is 5.91 Å². The average Bonchev–Trinajstić information content (AvgIpc) is 2.37. The van der Waals surface area contributed by atoms with Crippen molar-refractivity contribution in [2.75, 3.05) is 37.8 Å². The SMILES string of the molecule is Nc1cccc(SCC(=O)N2CCOCC2)c1. The van der Waals surface area contributed by atoms with Crippen molar-refractivity contribution in [3.8, 4) is 0 Å². The molecule has 1 amide bonds. The van der Waals surface area contributed by atoms with Crippen LogP contribution in [0.3, 0.4) is 0 Å². The predicted molar refractivity (Wildman–Crippen MR) is 69.0 cm³/mol. The van der Waals surface area contributed by atoms with Crippen LogP contribution in [0.1, 0.15) is 0 Å². The Morgan fingerprint density at radius 3 is 2.88 bits per heavy atom. The Morgan fingerprint density at radius 2 is 2.18 bits per heavy atom. The zero-order valence-corrected chi connectivity index (χ0v) is 10.4. The zero-order chi connectivity index (χ0) is 12.1. The molecule has 1 saturated heterocycles. The quantitative estimate of drug-likeness (QED) is 0.649. The fourth-order valence-corrected chi connectivity index (χ4v) is 2.52. The summed E-state index contributed by atoms with van der Waals surface area (Å²) in [6.07, 6.45) is 0. The summed E-state index contributed by atoms with van der Waals surface area (Å²) in [5, 5.41) is 0. The summed E-state index contributed by atoms with van der Waals surface area (Å²) in [6.45, 7) is 2.70. The summed E-state index contributed by atoms with van der Waals surface area (Å²) in [7, 11) is 0. The number of nitrogen functional groups attached to an aromatic ring is 1. The molecule has 1 fully saturated rings. The van der Waals surface area contributed by atoms with Gasteiger partial charge in [0, 0.05) is 23.7 Å². The van der Waals surface area contributed by atoms with Crippen LogP contribution < -0.4 is 5.73 Å². The fraction of sp³-hybridized carbons (Fsp3) is 0.417. The van der Waals surface area contributed by atoms with Crippen LogP contribution in [0.15, 0.2) is 29.2 Å². The molecule has 92 valence electrons. The van der Waals surface area contributed by atoms with Gasteiger partial charge in [-0.15, -0.1) is 11.8 Å². The number of nitrogens with zero attached hydrogens (tertiary/aromatic N) is 1. The van der Waals surface area contributed by atoms with E-state index in [0.717, 1.165) is 10.6 Å². The number of hydrogen-bond donors (Lipinski definition) is 1. The predicted octanol–water partition coefficient (Wildman–Crippen LogP) is 1.22. The summed E-state index contributed by atoms with van der Waals surface area (Å²) in [6, 6.07) is 7.59. The van der Waals surface area contributed by atoms with E-state index in [1.165, 1.54) is 11.8 Å². The molecule has 4 nitrogen and oxygen atoms in total. The molecule has 1 aromatic carbocycles. The van der Waals surface area contributed by atoms with E-state index in [1.807, 2.05) is 29.2 Å². The molecule has 0 spiro atoms. The van der Waals surface area contributed by atoms with Crippen molar-refractivity contribution in [3.63, 3.8) is 0 Å². The molecule has 1 aliphatic heterocycles. The van der Waals surface area contributed by atoms with E-state index in [4.69, 9.17) is 10.5 Å². The number of morpholine rings is 1.